The summed E-state index contributed by atoms with van der Waals surface area (Å²) >= 11 is 0. The lowest BCUT2D eigenvalue weighted by atomic mass is 10.1. The average Bonchev–Trinajstić information content (AvgIpc) is 3.38. The second-order valence-electron chi connectivity index (χ2n) is 7.69. The molecule has 0 bridgehead atoms. The predicted molar refractivity (Wildman–Crippen MR) is 113 cm³/mol. The van der Waals surface area contributed by atoms with Crippen molar-refractivity contribution in [1.29, 1.82) is 0 Å². The smallest absolute Gasteiger partial charge is 0.256 e. The highest BCUT2D eigenvalue weighted by Crippen LogP contribution is 2.24. The van der Waals surface area contributed by atoms with E-state index >= 15 is 0 Å². The molecular weight excluding hydrogens is 457 g/mol. The van der Waals surface area contributed by atoms with E-state index < -0.39 is 47.1 Å². The second kappa shape index (κ2) is 9.08. The number of aryl methyl sites for hydroxylation is 2. The summed E-state index contributed by atoms with van der Waals surface area (Å²) in [4.78, 5) is 12.6. The quantitative estimate of drug-likeness (QED) is 0.249. The molecule has 0 fully saturated rings. The fourth-order valence-corrected chi connectivity index (χ4v) is 3.47. The molecule has 0 spiro atoms. The molecular formula is C23H18F5N5O. The van der Waals surface area contributed by atoms with Gasteiger partial charge in [-0.1, -0.05) is 12.1 Å². The topological polar surface area (TPSA) is 64.7 Å². The number of rotatable bonds is 6. The van der Waals surface area contributed by atoms with Gasteiger partial charge in [-0.3, -0.25) is 14.2 Å². The van der Waals surface area contributed by atoms with Crippen molar-refractivity contribution >= 4 is 11.7 Å². The standard InChI is InChI=1S/C23H18F5N5O/c1-12-8-13(2)33(30-12)10-14-4-3-5-15(9-14)23(34)29-17-6-7-32(31-17)11-16-18(24)20(26)22(28)21(27)19(16)25/h3-9H,10-11H2,1-2H3,(H,29,31,34). The zero-order valence-corrected chi connectivity index (χ0v) is 18.0. The van der Waals surface area contributed by atoms with Crippen molar-refractivity contribution in [2.75, 3.05) is 5.32 Å². The minimum Gasteiger partial charge on any atom is -0.305 e. The van der Waals surface area contributed by atoms with Crippen LogP contribution in [0.3, 0.4) is 0 Å². The van der Waals surface area contributed by atoms with Gasteiger partial charge in [0.2, 0.25) is 5.82 Å². The van der Waals surface area contributed by atoms with E-state index in [9.17, 15) is 26.7 Å². The predicted octanol–water partition coefficient (Wildman–Crippen LogP) is 4.74. The Kier molecular flexibility index (Phi) is 6.18. The van der Waals surface area contributed by atoms with Crippen LogP contribution >= 0.6 is 0 Å². The Balaban J connectivity index is 1.48. The van der Waals surface area contributed by atoms with Gasteiger partial charge in [-0.15, -0.1) is 0 Å². The van der Waals surface area contributed by atoms with Gasteiger partial charge in [-0.05, 0) is 37.6 Å². The summed E-state index contributed by atoms with van der Waals surface area (Å²) in [7, 11) is 0. The Morgan fingerprint density at radius 1 is 0.882 bits per heavy atom. The third-order valence-electron chi connectivity index (χ3n) is 5.13. The van der Waals surface area contributed by atoms with Crippen molar-refractivity contribution in [2.45, 2.75) is 26.9 Å². The molecule has 2 aromatic carbocycles. The third kappa shape index (κ3) is 4.54. The lowest BCUT2D eigenvalue weighted by molar-refractivity contribution is 0.102. The zero-order chi connectivity index (χ0) is 24.6. The first kappa shape index (κ1) is 23.1. The second-order valence-corrected chi connectivity index (χ2v) is 7.69. The molecule has 0 unspecified atom stereocenters. The summed E-state index contributed by atoms with van der Waals surface area (Å²) in [5, 5.41) is 10.9. The van der Waals surface area contributed by atoms with Crippen LogP contribution in [0.2, 0.25) is 0 Å². The molecule has 1 amide bonds. The van der Waals surface area contributed by atoms with Crippen LogP contribution in [0, 0.1) is 42.9 Å². The molecule has 0 aliphatic heterocycles. The first-order chi connectivity index (χ1) is 16.1. The molecule has 2 aromatic heterocycles. The zero-order valence-electron chi connectivity index (χ0n) is 18.0. The van der Waals surface area contributed by atoms with Crippen molar-refractivity contribution in [2.24, 2.45) is 0 Å². The number of halogens is 5. The largest absolute Gasteiger partial charge is 0.305 e. The number of carbonyl (C=O) groups excluding carboxylic acids is 1. The number of nitrogens with zero attached hydrogens (tertiary/aromatic N) is 4. The maximum Gasteiger partial charge on any atom is 0.256 e. The van der Waals surface area contributed by atoms with E-state index in [0.717, 1.165) is 21.6 Å². The summed E-state index contributed by atoms with van der Waals surface area (Å²) in [6, 6.07) is 10.1. The van der Waals surface area contributed by atoms with E-state index in [1.54, 1.807) is 18.2 Å². The Morgan fingerprint density at radius 2 is 1.56 bits per heavy atom. The number of anilines is 1. The van der Waals surface area contributed by atoms with Crippen LogP contribution in [0.1, 0.15) is 32.9 Å². The van der Waals surface area contributed by atoms with Gasteiger partial charge in [0.1, 0.15) is 0 Å². The summed E-state index contributed by atoms with van der Waals surface area (Å²) < 4.78 is 70.6. The van der Waals surface area contributed by atoms with Gasteiger partial charge in [0.15, 0.2) is 29.1 Å². The molecule has 0 atom stereocenters. The Bertz CT molecular complexity index is 1370. The lowest BCUT2D eigenvalue weighted by Crippen LogP contribution is -2.14. The van der Waals surface area contributed by atoms with Crippen LogP contribution in [0.5, 0.6) is 0 Å². The molecule has 34 heavy (non-hydrogen) atoms. The molecule has 4 aromatic rings. The lowest BCUT2D eigenvalue weighted by Gasteiger charge is -2.09. The van der Waals surface area contributed by atoms with E-state index in [-0.39, 0.29) is 5.82 Å². The van der Waals surface area contributed by atoms with Crippen molar-refractivity contribution in [1.82, 2.24) is 19.6 Å². The van der Waals surface area contributed by atoms with Crippen molar-refractivity contribution in [3.63, 3.8) is 0 Å². The van der Waals surface area contributed by atoms with Crippen molar-refractivity contribution < 1.29 is 26.7 Å². The fraction of sp³-hybridized carbons (Fsp3) is 0.174. The third-order valence-corrected chi connectivity index (χ3v) is 5.13. The van der Waals surface area contributed by atoms with E-state index in [1.807, 2.05) is 30.7 Å². The van der Waals surface area contributed by atoms with Crippen molar-refractivity contribution in [3.8, 4) is 0 Å². The van der Waals surface area contributed by atoms with Crippen LogP contribution in [0.25, 0.3) is 0 Å². The Hall–Kier alpha value is -4.02. The number of benzene rings is 2. The first-order valence-electron chi connectivity index (χ1n) is 10.1. The maximum atomic E-state index is 13.9. The van der Waals surface area contributed by atoms with Crippen molar-refractivity contribution in [3.05, 3.63) is 99.8 Å². The van der Waals surface area contributed by atoms with E-state index in [4.69, 9.17) is 0 Å². The molecule has 6 nitrogen and oxygen atoms in total. The molecule has 4 rings (SSSR count). The molecule has 0 saturated heterocycles. The van der Waals surface area contributed by atoms with Gasteiger partial charge in [0.05, 0.1) is 24.3 Å². The molecule has 2 heterocycles. The summed E-state index contributed by atoms with van der Waals surface area (Å²) in [5.41, 5.74) is 2.01. The summed E-state index contributed by atoms with van der Waals surface area (Å²) in [5.74, 6) is -10.6. The number of amides is 1. The van der Waals surface area contributed by atoms with Gasteiger partial charge in [0, 0.05) is 23.5 Å². The molecule has 1 N–H and O–H groups in total. The Morgan fingerprint density at radius 3 is 2.21 bits per heavy atom. The molecule has 0 aliphatic rings. The fourth-order valence-electron chi connectivity index (χ4n) is 3.47. The monoisotopic (exact) mass is 475 g/mol. The van der Waals surface area contributed by atoms with Gasteiger partial charge >= 0.3 is 0 Å². The first-order valence-corrected chi connectivity index (χ1v) is 10.1. The number of hydrogen-bond acceptors (Lipinski definition) is 3. The maximum absolute atomic E-state index is 13.9. The highest BCUT2D eigenvalue weighted by molar-refractivity contribution is 6.03. The van der Waals surface area contributed by atoms with Gasteiger partial charge in [-0.25, -0.2) is 22.0 Å². The van der Waals surface area contributed by atoms with Gasteiger partial charge in [-0.2, -0.15) is 10.2 Å². The number of hydrogen-bond donors (Lipinski definition) is 1. The van der Waals surface area contributed by atoms with Gasteiger partial charge in [0.25, 0.3) is 5.91 Å². The molecule has 0 radical (unpaired) electrons. The van der Waals surface area contributed by atoms with E-state index in [2.05, 4.69) is 15.5 Å². The van der Waals surface area contributed by atoms with Crippen LogP contribution in [0.4, 0.5) is 27.8 Å². The number of aromatic nitrogens is 4. The van der Waals surface area contributed by atoms with E-state index in [0.29, 0.717) is 12.1 Å². The minimum atomic E-state index is -2.23. The molecule has 0 aliphatic carbocycles. The average molecular weight is 475 g/mol. The highest BCUT2D eigenvalue weighted by Gasteiger charge is 2.26. The molecule has 176 valence electrons. The van der Waals surface area contributed by atoms with Crippen LogP contribution in [-0.2, 0) is 13.1 Å². The number of carbonyl (C=O) groups is 1. The summed E-state index contributed by atoms with van der Waals surface area (Å²) in [6.45, 7) is 3.56. The van der Waals surface area contributed by atoms with Gasteiger partial charge < -0.3 is 5.32 Å². The normalized spacial score (nSPS) is 11.1. The van der Waals surface area contributed by atoms with Crippen LogP contribution in [0.15, 0.2) is 42.6 Å². The van der Waals surface area contributed by atoms with E-state index in [1.165, 1.54) is 12.3 Å². The van der Waals surface area contributed by atoms with Crippen LogP contribution < -0.4 is 5.32 Å². The SMILES string of the molecule is Cc1cc(C)n(Cc2cccc(C(=O)Nc3ccn(Cc4c(F)c(F)c(F)c(F)c4F)n3)c2)n1. The minimum absolute atomic E-state index is 0.0396. The number of nitrogens with one attached hydrogen (secondary N) is 1. The molecule has 0 saturated carbocycles. The van der Waals surface area contributed by atoms with Crippen LogP contribution in [-0.4, -0.2) is 25.5 Å². The molecule has 11 heteroatoms. The summed E-state index contributed by atoms with van der Waals surface area (Å²) in [6.07, 6.45) is 1.24. The highest BCUT2D eigenvalue weighted by atomic mass is 19.2. The Labute approximate surface area is 190 Å².